The maximum atomic E-state index is 12.6. The summed E-state index contributed by atoms with van der Waals surface area (Å²) >= 11 is 0. The molecule has 0 bridgehead atoms. The summed E-state index contributed by atoms with van der Waals surface area (Å²) in [5, 5.41) is 2.68. The Morgan fingerprint density at radius 3 is 2.21 bits per heavy atom. The number of benzene rings is 1. The molecular formula is C16H24N2O5S. The molecule has 0 atom stereocenters. The van der Waals surface area contributed by atoms with Gasteiger partial charge in [-0.05, 0) is 52.8 Å². The van der Waals surface area contributed by atoms with Crippen LogP contribution in [0.2, 0.25) is 0 Å². The maximum absolute atomic E-state index is 12.6. The van der Waals surface area contributed by atoms with Crippen LogP contribution >= 0.6 is 0 Å². The van der Waals surface area contributed by atoms with Gasteiger partial charge in [0.2, 0.25) is 10.0 Å². The molecule has 0 aromatic heterocycles. The molecule has 0 spiro atoms. The molecule has 2 N–H and O–H groups in total. The molecule has 1 rings (SSSR count). The number of sulfonamides is 1. The van der Waals surface area contributed by atoms with Gasteiger partial charge >= 0.3 is 5.97 Å². The highest BCUT2D eigenvalue weighted by atomic mass is 32.2. The zero-order valence-corrected chi connectivity index (χ0v) is 15.6. The third-order valence-corrected chi connectivity index (χ3v) is 4.60. The van der Waals surface area contributed by atoms with Crippen LogP contribution in [-0.2, 0) is 14.8 Å². The zero-order chi connectivity index (χ0) is 18.7. The zero-order valence-electron chi connectivity index (χ0n) is 14.8. The molecule has 1 aromatic rings. The number of hydrogen-bond donors (Lipinski definition) is 2. The highest BCUT2D eigenvalue weighted by molar-refractivity contribution is 7.89. The van der Waals surface area contributed by atoms with Crippen LogP contribution in [0.15, 0.2) is 23.1 Å². The number of ether oxygens (including phenoxy) is 1. The Labute approximate surface area is 142 Å². The van der Waals surface area contributed by atoms with Crippen molar-refractivity contribution in [3.8, 4) is 0 Å². The van der Waals surface area contributed by atoms with E-state index < -0.39 is 27.4 Å². The van der Waals surface area contributed by atoms with Gasteiger partial charge in [0.15, 0.2) is 0 Å². The molecule has 134 valence electrons. The molecule has 0 radical (unpaired) electrons. The quantitative estimate of drug-likeness (QED) is 0.782. The van der Waals surface area contributed by atoms with E-state index in [4.69, 9.17) is 0 Å². The van der Waals surface area contributed by atoms with Crippen molar-refractivity contribution in [1.82, 2.24) is 10.0 Å². The summed E-state index contributed by atoms with van der Waals surface area (Å²) in [6.07, 6.45) is 0. The first-order valence-corrected chi connectivity index (χ1v) is 8.93. The van der Waals surface area contributed by atoms with E-state index in [9.17, 15) is 18.0 Å². The van der Waals surface area contributed by atoms with Gasteiger partial charge in [-0.2, -0.15) is 0 Å². The van der Waals surface area contributed by atoms with Crippen LogP contribution in [-0.4, -0.2) is 39.0 Å². The second-order valence-corrected chi connectivity index (χ2v) is 8.34. The average Bonchev–Trinajstić information content (AvgIpc) is 2.42. The predicted molar refractivity (Wildman–Crippen MR) is 90.5 cm³/mol. The molecular weight excluding hydrogens is 332 g/mol. The van der Waals surface area contributed by atoms with Crippen molar-refractivity contribution >= 4 is 21.9 Å². The Hall–Kier alpha value is -1.93. The minimum atomic E-state index is -4.02. The van der Waals surface area contributed by atoms with Crippen molar-refractivity contribution in [3.05, 3.63) is 29.3 Å². The fourth-order valence-corrected chi connectivity index (χ4v) is 3.61. The topological polar surface area (TPSA) is 102 Å². The number of carbonyl (C=O) groups excluding carboxylic acids is 2. The van der Waals surface area contributed by atoms with Crippen molar-refractivity contribution < 1.29 is 22.7 Å². The monoisotopic (exact) mass is 356 g/mol. The third kappa shape index (κ3) is 5.31. The van der Waals surface area contributed by atoms with Crippen LogP contribution < -0.4 is 10.0 Å². The molecule has 0 unspecified atom stereocenters. The molecule has 8 heteroatoms. The number of carbonyl (C=O) groups is 2. The van der Waals surface area contributed by atoms with E-state index in [1.807, 2.05) is 0 Å². The number of esters is 1. The maximum Gasteiger partial charge on any atom is 0.339 e. The van der Waals surface area contributed by atoms with Crippen LogP contribution in [0.5, 0.6) is 0 Å². The molecule has 0 saturated heterocycles. The van der Waals surface area contributed by atoms with Crippen molar-refractivity contribution in [2.75, 3.05) is 7.11 Å². The number of amides is 1. The summed E-state index contributed by atoms with van der Waals surface area (Å²) in [4.78, 5) is 23.7. The van der Waals surface area contributed by atoms with Crippen LogP contribution in [0.25, 0.3) is 0 Å². The Bertz CT molecular complexity index is 733. The van der Waals surface area contributed by atoms with E-state index in [1.165, 1.54) is 18.2 Å². The van der Waals surface area contributed by atoms with Gasteiger partial charge in [-0.3, -0.25) is 4.79 Å². The van der Waals surface area contributed by atoms with Crippen LogP contribution in [0.1, 0.15) is 55.3 Å². The van der Waals surface area contributed by atoms with E-state index in [0.29, 0.717) is 0 Å². The first kappa shape index (κ1) is 20.1. The first-order valence-electron chi connectivity index (χ1n) is 7.44. The van der Waals surface area contributed by atoms with Gasteiger partial charge < -0.3 is 10.1 Å². The minimum absolute atomic E-state index is 0.106. The SMILES string of the molecule is COC(=O)c1ccc(C(=O)NC(C)C)cc1S(=O)(=O)NC(C)(C)C. The number of hydrogen-bond acceptors (Lipinski definition) is 5. The molecule has 0 aliphatic rings. The van der Waals surface area contributed by atoms with Gasteiger partial charge in [0.1, 0.15) is 0 Å². The fraction of sp³-hybridized carbons (Fsp3) is 0.500. The number of rotatable bonds is 5. The molecule has 0 heterocycles. The average molecular weight is 356 g/mol. The fourth-order valence-electron chi connectivity index (χ4n) is 1.97. The van der Waals surface area contributed by atoms with Gasteiger partial charge in [-0.15, -0.1) is 0 Å². The van der Waals surface area contributed by atoms with Crippen LogP contribution in [0, 0.1) is 0 Å². The Morgan fingerprint density at radius 1 is 1.17 bits per heavy atom. The molecule has 24 heavy (non-hydrogen) atoms. The third-order valence-electron chi connectivity index (χ3n) is 2.80. The summed E-state index contributed by atoms with van der Waals surface area (Å²) in [6.45, 7) is 8.62. The van der Waals surface area contributed by atoms with Gasteiger partial charge in [0, 0.05) is 17.1 Å². The van der Waals surface area contributed by atoms with Crippen molar-refractivity contribution in [1.29, 1.82) is 0 Å². The lowest BCUT2D eigenvalue weighted by atomic mass is 10.1. The van der Waals surface area contributed by atoms with Crippen LogP contribution in [0.3, 0.4) is 0 Å². The van der Waals surface area contributed by atoms with Gasteiger partial charge in [-0.25, -0.2) is 17.9 Å². The van der Waals surface area contributed by atoms with Crippen molar-refractivity contribution in [2.24, 2.45) is 0 Å². The summed E-state index contributed by atoms with van der Waals surface area (Å²) in [6, 6.07) is 3.74. The lowest BCUT2D eigenvalue weighted by molar-refractivity contribution is 0.0595. The lowest BCUT2D eigenvalue weighted by Gasteiger charge is -2.21. The summed E-state index contributed by atoms with van der Waals surface area (Å²) in [7, 11) is -2.86. The molecule has 0 saturated carbocycles. The highest BCUT2D eigenvalue weighted by Crippen LogP contribution is 2.21. The molecule has 1 amide bonds. The summed E-state index contributed by atoms with van der Waals surface area (Å²) in [5.74, 6) is -1.21. The second-order valence-electron chi connectivity index (χ2n) is 6.69. The van der Waals surface area contributed by atoms with E-state index in [2.05, 4.69) is 14.8 Å². The largest absolute Gasteiger partial charge is 0.465 e. The Morgan fingerprint density at radius 2 is 1.75 bits per heavy atom. The molecule has 7 nitrogen and oxygen atoms in total. The van der Waals surface area contributed by atoms with Gasteiger partial charge in [0.25, 0.3) is 5.91 Å². The standard InChI is InChI=1S/C16H24N2O5S/c1-10(2)17-14(19)11-7-8-12(15(20)23-6)13(9-11)24(21,22)18-16(3,4)5/h7-10,18H,1-6H3,(H,17,19). The van der Waals surface area contributed by atoms with Gasteiger partial charge in [0.05, 0.1) is 17.6 Å². The van der Waals surface area contributed by atoms with Crippen LogP contribution in [0.4, 0.5) is 0 Å². The van der Waals surface area contributed by atoms with Crippen molar-refractivity contribution in [2.45, 2.75) is 51.1 Å². The Balaban J connectivity index is 3.47. The van der Waals surface area contributed by atoms with E-state index in [0.717, 1.165) is 7.11 Å². The van der Waals surface area contributed by atoms with E-state index in [-0.39, 0.29) is 22.1 Å². The molecule has 1 aromatic carbocycles. The first-order chi connectivity index (χ1) is 10.9. The summed E-state index contributed by atoms with van der Waals surface area (Å²) in [5.41, 5.74) is -0.733. The van der Waals surface area contributed by atoms with E-state index in [1.54, 1.807) is 34.6 Å². The predicted octanol–water partition coefficient (Wildman–Crippen LogP) is 1.69. The summed E-state index contributed by atoms with van der Waals surface area (Å²) < 4.78 is 32.4. The molecule has 0 fully saturated rings. The lowest BCUT2D eigenvalue weighted by Crippen LogP contribution is -2.41. The number of methoxy groups -OCH3 is 1. The number of nitrogens with one attached hydrogen (secondary N) is 2. The van der Waals surface area contributed by atoms with E-state index >= 15 is 0 Å². The van der Waals surface area contributed by atoms with Gasteiger partial charge in [-0.1, -0.05) is 0 Å². The highest BCUT2D eigenvalue weighted by Gasteiger charge is 2.28. The second kappa shape index (κ2) is 7.31. The normalized spacial score (nSPS) is 12.1. The molecule has 0 aliphatic carbocycles. The smallest absolute Gasteiger partial charge is 0.339 e. The van der Waals surface area contributed by atoms with Crippen molar-refractivity contribution in [3.63, 3.8) is 0 Å². The Kier molecular flexibility index (Phi) is 6.13. The minimum Gasteiger partial charge on any atom is -0.465 e. The molecule has 0 aliphatic heterocycles.